The van der Waals surface area contributed by atoms with Crippen LogP contribution < -0.4 is 5.32 Å². The van der Waals surface area contributed by atoms with Crippen molar-refractivity contribution < 1.29 is 19.0 Å². The van der Waals surface area contributed by atoms with E-state index in [0.29, 0.717) is 6.42 Å². The molecule has 6 heteroatoms. The molecule has 1 aromatic rings. The number of hydrogen-bond acceptors (Lipinski definition) is 3. The number of carbonyl (C=O) groups is 1. The van der Waals surface area contributed by atoms with Gasteiger partial charge in [-0.2, -0.15) is 0 Å². The van der Waals surface area contributed by atoms with E-state index in [1.165, 1.54) is 12.1 Å². The van der Waals surface area contributed by atoms with E-state index in [0.717, 1.165) is 24.8 Å². The van der Waals surface area contributed by atoms with Crippen molar-refractivity contribution in [2.75, 3.05) is 13.7 Å². The number of β-amino-alcohol motifs (C(OH)–C–C–N with tert-alkyl or cyclic N) is 1. The number of methoxy groups -OCH3 is 1. The molecule has 5 nitrogen and oxygen atoms in total. The van der Waals surface area contributed by atoms with Crippen LogP contribution in [0.3, 0.4) is 0 Å². The fourth-order valence-corrected chi connectivity index (χ4v) is 3.61. The average Bonchev–Trinajstić information content (AvgIpc) is 3.13. The smallest absolute Gasteiger partial charge is 0.318 e. The van der Waals surface area contributed by atoms with Crippen molar-refractivity contribution in [2.45, 2.75) is 50.0 Å². The summed E-state index contributed by atoms with van der Waals surface area (Å²) in [5.74, 6) is -0.331. The van der Waals surface area contributed by atoms with E-state index in [-0.39, 0.29) is 36.6 Å². The monoisotopic (exact) mass is 322 g/mol. The first-order valence-electron chi connectivity index (χ1n) is 8.10. The highest BCUT2D eigenvalue weighted by molar-refractivity contribution is 5.75. The highest BCUT2D eigenvalue weighted by Gasteiger charge is 2.37. The zero-order valence-corrected chi connectivity index (χ0v) is 13.2. The van der Waals surface area contributed by atoms with Gasteiger partial charge in [0.05, 0.1) is 18.2 Å². The van der Waals surface area contributed by atoms with Crippen molar-refractivity contribution in [1.82, 2.24) is 10.2 Å². The molecule has 2 amide bonds. The van der Waals surface area contributed by atoms with Crippen molar-refractivity contribution >= 4 is 6.03 Å². The lowest BCUT2D eigenvalue weighted by atomic mass is 10.0. The van der Waals surface area contributed by atoms with Crippen LogP contribution in [0.25, 0.3) is 0 Å². The van der Waals surface area contributed by atoms with Gasteiger partial charge in [-0.3, -0.25) is 0 Å². The number of amides is 2. The molecule has 1 heterocycles. The second kappa shape index (κ2) is 6.84. The predicted octanol–water partition coefficient (Wildman–Crippen LogP) is 2.21. The van der Waals surface area contributed by atoms with E-state index in [1.807, 2.05) is 0 Å². The summed E-state index contributed by atoms with van der Waals surface area (Å²) in [6.07, 6.45) is 2.70. The average molecular weight is 322 g/mol. The van der Waals surface area contributed by atoms with Gasteiger partial charge in [0, 0.05) is 19.7 Å². The van der Waals surface area contributed by atoms with Gasteiger partial charge in [0.2, 0.25) is 0 Å². The molecule has 3 rings (SSSR count). The van der Waals surface area contributed by atoms with Crippen LogP contribution in [0, 0.1) is 5.82 Å². The van der Waals surface area contributed by atoms with Gasteiger partial charge in [0.25, 0.3) is 0 Å². The second-order valence-corrected chi connectivity index (χ2v) is 6.43. The first kappa shape index (κ1) is 16.2. The SMILES string of the molecule is COC1CCC(NC(=O)N2CC(O)CC2c2cccc(F)c2)C1. The molecule has 4 unspecified atom stereocenters. The van der Waals surface area contributed by atoms with Crippen LogP contribution in [0.2, 0.25) is 0 Å². The van der Waals surface area contributed by atoms with Crippen LogP contribution in [-0.4, -0.2) is 47.9 Å². The van der Waals surface area contributed by atoms with E-state index in [9.17, 15) is 14.3 Å². The molecule has 0 bridgehead atoms. The Labute approximate surface area is 135 Å². The summed E-state index contributed by atoms with van der Waals surface area (Å²) in [6, 6.07) is 5.84. The van der Waals surface area contributed by atoms with E-state index >= 15 is 0 Å². The predicted molar refractivity (Wildman–Crippen MR) is 83.4 cm³/mol. The van der Waals surface area contributed by atoms with Crippen molar-refractivity contribution in [3.8, 4) is 0 Å². The summed E-state index contributed by atoms with van der Waals surface area (Å²) in [4.78, 5) is 14.2. The van der Waals surface area contributed by atoms with Crippen LogP contribution in [0.4, 0.5) is 9.18 Å². The third-order valence-electron chi connectivity index (χ3n) is 4.82. The van der Waals surface area contributed by atoms with Gasteiger partial charge in [0.1, 0.15) is 5.82 Å². The Morgan fingerprint density at radius 1 is 1.39 bits per heavy atom. The lowest BCUT2D eigenvalue weighted by Crippen LogP contribution is -2.44. The zero-order chi connectivity index (χ0) is 16.4. The highest BCUT2D eigenvalue weighted by Crippen LogP contribution is 2.33. The van der Waals surface area contributed by atoms with Gasteiger partial charge in [-0.1, -0.05) is 12.1 Å². The Morgan fingerprint density at radius 2 is 2.22 bits per heavy atom. The van der Waals surface area contributed by atoms with Crippen molar-refractivity contribution in [2.24, 2.45) is 0 Å². The van der Waals surface area contributed by atoms with Crippen molar-refractivity contribution in [3.63, 3.8) is 0 Å². The highest BCUT2D eigenvalue weighted by atomic mass is 19.1. The molecule has 23 heavy (non-hydrogen) atoms. The molecular weight excluding hydrogens is 299 g/mol. The minimum atomic E-state index is -0.579. The Bertz CT molecular complexity index is 569. The quantitative estimate of drug-likeness (QED) is 0.897. The molecule has 1 aliphatic carbocycles. The maximum Gasteiger partial charge on any atom is 0.318 e. The molecule has 1 saturated heterocycles. The van der Waals surface area contributed by atoms with Gasteiger partial charge < -0.3 is 20.1 Å². The molecule has 4 atom stereocenters. The Balaban J connectivity index is 1.68. The van der Waals surface area contributed by atoms with Crippen LogP contribution in [0.1, 0.15) is 37.3 Å². The number of likely N-dealkylation sites (tertiary alicyclic amines) is 1. The van der Waals surface area contributed by atoms with Crippen LogP contribution >= 0.6 is 0 Å². The van der Waals surface area contributed by atoms with E-state index in [1.54, 1.807) is 24.1 Å². The molecule has 0 radical (unpaired) electrons. The Hall–Kier alpha value is -1.66. The number of rotatable bonds is 3. The molecule has 1 aromatic carbocycles. The van der Waals surface area contributed by atoms with Crippen LogP contribution in [0.15, 0.2) is 24.3 Å². The van der Waals surface area contributed by atoms with Gasteiger partial charge in [-0.15, -0.1) is 0 Å². The normalized spacial score (nSPS) is 30.7. The fraction of sp³-hybridized carbons (Fsp3) is 0.588. The number of benzene rings is 1. The van der Waals surface area contributed by atoms with E-state index in [4.69, 9.17) is 4.74 Å². The van der Waals surface area contributed by atoms with Gasteiger partial charge in [0.15, 0.2) is 0 Å². The summed E-state index contributed by atoms with van der Waals surface area (Å²) < 4.78 is 18.8. The molecule has 2 fully saturated rings. The number of hydrogen-bond donors (Lipinski definition) is 2. The number of nitrogens with one attached hydrogen (secondary N) is 1. The number of carbonyl (C=O) groups excluding carboxylic acids is 1. The lowest BCUT2D eigenvalue weighted by Gasteiger charge is -2.27. The maximum atomic E-state index is 13.5. The van der Waals surface area contributed by atoms with Gasteiger partial charge >= 0.3 is 6.03 Å². The van der Waals surface area contributed by atoms with Crippen molar-refractivity contribution in [1.29, 1.82) is 0 Å². The molecule has 2 aliphatic rings. The minimum Gasteiger partial charge on any atom is -0.391 e. The van der Waals surface area contributed by atoms with Crippen molar-refractivity contribution in [3.05, 3.63) is 35.6 Å². The summed E-state index contributed by atoms with van der Waals surface area (Å²) in [5, 5.41) is 13.0. The van der Waals surface area contributed by atoms with Crippen LogP contribution in [0.5, 0.6) is 0 Å². The summed E-state index contributed by atoms with van der Waals surface area (Å²) in [6.45, 7) is 0.271. The molecule has 1 saturated carbocycles. The molecule has 126 valence electrons. The van der Waals surface area contributed by atoms with Gasteiger partial charge in [-0.25, -0.2) is 9.18 Å². The van der Waals surface area contributed by atoms with E-state index < -0.39 is 6.10 Å². The van der Waals surface area contributed by atoms with Crippen LogP contribution in [-0.2, 0) is 4.74 Å². The summed E-state index contributed by atoms with van der Waals surface area (Å²) >= 11 is 0. The number of halogens is 1. The maximum absolute atomic E-state index is 13.5. The lowest BCUT2D eigenvalue weighted by molar-refractivity contribution is 0.106. The Kier molecular flexibility index (Phi) is 4.82. The van der Waals surface area contributed by atoms with E-state index in [2.05, 4.69) is 5.32 Å². The molecular formula is C17H23FN2O3. The number of aliphatic hydroxyl groups is 1. The number of aliphatic hydroxyl groups excluding tert-OH is 1. The molecule has 0 spiro atoms. The fourth-order valence-electron chi connectivity index (χ4n) is 3.61. The summed E-state index contributed by atoms with van der Waals surface area (Å²) in [5.41, 5.74) is 0.720. The number of ether oxygens (including phenoxy) is 1. The third kappa shape index (κ3) is 3.64. The minimum absolute atomic E-state index is 0.0957. The molecule has 2 N–H and O–H groups in total. The first-order chi connectivity index (χ1) is 11.1. The largest absolute Gasteiger partial charge is 0.391 e. The number of urea groups is 1. The number of nitrogens with zero attached hydrogens (tertiary/aromatic N) is 1. The molecule has 1 aliphatic heterocycles. The first-order valence-corrected chi connectivity index (χ1v) is 8.10. The molecule has 0 aromatic heterocycles. The topological polar surface area (TPSA) is 61.8 Å². The Morgan fingerprint density at radius 3 is 2.91 bits per heavy atom. The summed E-state index contributed by atoms with van der Waals surface area (Å²) in [7, 11) is 1.69. The second-order valence-electron chi connectivity index (χ2n) is 6.43. The van der Waals surface area contributed by atoms with Gasteiger partial charge in [-0.05, 0) is 43.4 Å². The standard InChI is InChI=1S/C17H23FN2O3/c1-23-15-6-5-13(8-15)19-17(22)20-10-14(21)9-16(20)11-3-2-4-12(18)7-11/h2-4,7,13-16,21H,5-6,8-10H2,1H3,(H,19,22). The zero-order valence-electron chi connectivity index (χ0n) is 13.2. The third-order valence-corrected chi connectivity index (χ3v) is 4.82.